The van der Waals surface area contributed by atoms with Crippen molar-refractivity contribution in [1.82, 2.24) is 39.8 Å². The number of benzene rings is 7. The van der Waals surface area contributed by atoms with Crippen molar-refractivity contribution in [2.24, 2.45) is 0 Å². The average molecular weight is 1540 g/mol. The Bertz CT molecular complexity index is 4260. The second-order valence-corrected chi connectivity index (χ2v) is 29.5. The molecule has 5 saturated heterocycles. The van der Waals surface area contributed by atoms with Gasteiger partial charge >= 0.3 is 0 Å². The molecule has 5 fully saturated rings. The maximum absolute atomic E-state index is 10.5. The molecule has 584 valence electrons. The molecule has 0 spiro atoms. The highest BCUT2D eigenvalue weighted by Gasteiger charge is 2.25. The highest BCUT2D eigenvalue weighted by molar-refractivity contribution is 6.30. The fraction of sp³-hybridized carbons (Fsp3) is 0.373. The number of nitrogens with two attached hydrogens (primary N) is 2. The lowest BCUT2D eigenvalue weighted by molar-refractivity contribution is -0.385. The van der Waals surface area contributed by atoms with Gasteiger partial charge in [-0.1, -0.05) is 47.5 Å². The van der Waals surface area contributed by atoms with Gasteiger partial charge in [0.25, 0.3) is 11.4 Å². The van der Waals surface area contributed by atoms with Crippen LogP contribution in [0.2, 0.25) is 10.2 Å². The van der Waals surface area contributed by atoms with Crippen molar-refractivity contribution in [3.8, 4) is 0 Å². The minimum Gasteiger partial charge on any atom is -0.399 e. The first-order valence-corrected chi connectivity index (χ1v) is 38.3. The number of nitrogen functional groups attached to an aromatic ring is 2. The van der Waals surface area contributed by atoms with Gasteiger partial charge in [0.1, 0.15) is 11.0 Å². The summed E-state index contributed by atoms with van der Waals surface area (Å²) in [6.07, 6.45) is 3.85. The maximum Gasteiger partial charge on any atom is 0.269 e. The standard InChI is InChI=1S/C25H30N6.C14H14ClN3.C11H15N3O2.2C11H17N3.C6H4ClNO2.C5H12N2/c1-28-12-14-31(15-13-28)21-10-8-20(9-11-21)27-25-16-24-19(17-26-25)18-29(2)22-6-4-5-7-23(22)30(24)3;1-17-9-10-8-16-14(15)7-13(10)18(2)12-6-4-3-5-11(12)17;1-12-6-8-13(9-7-12)10-2-4-11(5-3-10)14(15)16;2*1-13-6-8-14(9-7-13)11-4-2-10(12)3-5-11;7-5-1-3-6(4-2-5)8(9)10;1-7-4-2-6-3-5-7/h4-11,16-17H,12-15,18H2,1-3H3,(H,26,27);3-8H,9H2,1-2H3;2-5H,6-9H2,1H3;2*2-5H,6-9,12H2,1H3;1-4H;6H,2-5H2,1H3. The third-order valence-electron chi connectivity index (χ3n) is 20.6. The molecule has 0 saturated carbocycles. The fourth-order valence-corrected chi connectivity index (χ4v) is 13.9. The van der Waals surface area contributed by atoms with Gasteiger partial charge in [0, 0.05) is 271 Å². The van der Waals surface area contributed by atoms with Crippen molar-refractivity contribution in [3.05, 3.63) is 236 Å². The lowest BCUT2D eigenvalue weighted by atomic mass is 10.2. The minimum absolute atomic E-state index is 0.0596. The fourth-order valence-electron chi connectivity index (χ4n) is 13.6. The number of hydrogen-bond acceptors (Lipinski definition) is 23. The topological polar surface area (TPSA) is 230 Å². The van der Waals surface area contributed by atoms with Crippen molar-refractivity contribution in [3.63, 3.8) is 0 Å². The van der Waals surface area contributed by atoms with Crippen LogP contribution in [0.3, 0.4) is 0 Å². The summed E-state index contributed by atoms with van der Waals surface area (Å²) in [5.74, 6) is 0.861. The number of pyridine rings is 2. The van der Waals surface area contributed by atoms with Gasteiger partial charge in [0.15, 0.2) is 0 Å². The average Bonchev–Trinajstić information content (AvgIpc) is 1.64. The molecule has 25 nitrogen and oxygen atoms in total. The molecule has 2 aromatic heterocycles. The molecule has 7 aliphatic heterocycles. The maximum atomic E-state index is 10.5. The van der Waals surface area contributed by atoms with Gasteiger partial charge in [-0.3, -0.25) is 20.2 Å². The quantitative estimate of drug-likeness (QED) is 0.0479. The number of rotatable bonds is 8. The Morgan fingerprint density at radius 2 is 0.700 bits per heavy atom. The van der Waals surface area contributed by atoms with Crippen LogP contribution in [0.25, 0.3) is 0 Å². The molecule has 0 bridgehead atoms. The lowest BCUT2D eigenvalue weighted by Gasteiger charge is -2.34. The Hall–Kier alpha value is -10.2. The van der Waals surface area contributed by atoms with Crippen molar-refractivity contribution in [1.29, 1.82) is 0 Å². The number of aromatic nitrogens is 2. The lowest BCUT2D eigenvalue weighted by Crippen LogP contribution is -2.44. The molecule has 0 unspecified atom stereocenters. The smallest absolute Gasteiger partial charge is 0.269 e. The van der Waals surface area contributed by atoms with Crippen LogP contribution >= 0.6 is 23.2 Å². The van der Waals surface area contributed by atoms with Gasteiger partial charge in [-0.25, -0.2) is 9.97 Å². The Labute approximate surface area is 659 Å². The monoisotopic (exact) mass is 1530 g/mol. The van der Waals surface area contributed by atoms with Crippen LogP contribution in [0.4, 0.5) is 91.1 Å². The third kappa shape index (κ3) is 23.9. The van der Waals surface area contributed by atoms with Gasteiger partial charge < -0.3 is 85.8 Å². The zero-order chi connectivity index (χ0) is 78.2. The van der Waals surface area contributed by atoms with E-state index in [1.165, 1.54) is 94.0 Å². The van der Waals surface area contributed by atoms with Crippen molar-refractivity contribution in [2.45, 2.75) is 13.1 Å². The zero-order valence-electron chi connectivity index (χ0n) is 65.2. The van der Waals surface area contributed by atoms with Gasteiger partial charge in [0.2, 0.25) is 0 Å². The summed E-state index contributed by atoms with van der Waals surface area (Å²) in [6.45, 7) is 23.9. The number of nitro groups is 2. The van der Waals surface area contributed by atoms with E-state index < -0.39 is 4.92 Å². The number of fused-ring (bicyclic) bond motifs is 4. The van der Waals surface area contributed by atoms with Crippen LogP contribution in [0, 0.1) is 20.2 Å². The number of non-ortho nitro benzene ring substituents is 2. The number of nitrogens with zero attached hydrogens (tertiary/aromatic N) is 17. The number of hydrogen-bond donors (Lipinski definition) is 4. The molecule has 0 aliphatic carbocycles. The predicted octanol–water partition coefficient (Wildman–Crippen LogP) is 12.9. The van der Waals surface area contributed by atoms with E-state index in [4.69, 9.17) is 39.7 Å². The second kappa shape index (κ2) is 40.5. The van der Waals surface area contributed by atoms with E-state index >= 15 is 0 Å². The summed E-state index contributed by atoms with van der Waals surface area (Å²) in [7, 11) is 19.2. The molecule has 9 heterocycles. The number of halogens is 2. The number of nitrogens with one attached hydrogen (secondary N) is 2. The number of nitro benzene ring substituents is 2. The first-order valence-electron chi connectivity index (χ1n) is 37.6. The van der Waals surface area contributed by atoms with Crippen molar-refractivity contribution in [2.75, 3.05) is 250 Å². The van der Waals surface area contributed by atoms with Crippen LogP contribution in [-0.4, -0.2) is 239 Å². The summed E-state index contributed by atoms with van der Waals surface area (Å²) in [5.41, 5.74) is 28.7. The number of para-hydroxylation sites is 4. The molecular weight excluding hydrogens is 1430 g/mol. The molecular formula is C83H109Cl2N21O4. The molecule has 0 radical (unpaired) electrons. The molecule has 9 aromatic rings. The second-order valence-electron chi connectivity index (χ2n) is 28.7. The summed E-state index contributed by atoms with van der Waals surface area (Å²) >= 11 is 11.5. The Balaban J connectivity index is 0.000000143. The molecule has 7 aliphatic rings. The van der Waals surface area contributed by atoms with E-state index in [2.05, 4.69) is 246 Å². The first-order chi connectivity index (χ1) is 53.0. The van der Waals surface area contributed by atoms with Crippen LogP contribution < -0.4 is 61.3 Å². The van der Waals surface area contributed by atoms with Crippen molar-refractivity contribution >= 4 is 114 Å². The molecule has 110 heavy (non-hydrogen) atoms. The van der Waals surface area contributed by atoms with E-state index in [0.717, 1.165) is 165 Å². The van der Waals surface area contributed by atoms with E-state index in [1.807, 2.05) is 54.9 Å². The highest BCUT2D eigenvalue weighted by atomic mass is 35.5. The van der Waals surface area contributed by atoms with Gasteiger partial charge in [-0.05, 0) is 163 Å². The Morgan fingerprint density at radius 3 is 1.05 bits per heavy atom. The minimum atomic E-state index is -0.462. The molecule has 6 N–H and O–H groups in total. The highest BCUT2D eigenvalue weighted by Crippen LogP contribution is 2.41. The summed E-state index contributed by atoms with van der Waals surface area (Å²) < 4.78 is 0. The van der Waals surface area contributed by atoms with E-state index in [0.29, 0.717) is 10.2 Å². The Kier molecular flexibility index (Phi) is 30.3. The van der Waals surface area contributed by atoms with Crippen LogP contribution in [0.1, 0.15) is 11.1 Å². The largest absolute Gasteiger partial charge is 0.399 e. The van der Waals surface area contributed by atoms with Crippen LogP contribution in [0.15, 0.2) is 194 Å². The van der Waals surface area contributed by atoms with Crippen molar-refractivity contribution < 1.29 is 9.85 Å². The number of likely N-dealkylation sites (N-methyl/N-ethyl adjacent to an activating group) is 5. The van der Waals surface area contributed by atoms with Gasteiger partial charge in [-0.15, -0.1) is 0 Å². The van der Waals surface area contributed by atoms with E-state index in [9.17, 15) is 20.2 Å². The summed E-state index contributed by atoms with van der Waals surface area (Å²) in [5, 5.41) is 28.4. The van der Waals surface area contributed by atoms with E-state index in [-0.39, 0.29) is 16.3 Å². The summed E-state index contributed by atoms with van der Waals surface area (Å²) in [6, 6.07) is 58.4. The van der Waals surface area contributed by atoms with Crippen LogP contribution in [0.5, 0.6) is 0 Å². The first kappa shape index (κ1) is 82.3. The van der Waals surface area contributed by atoms with Gasteiger partial charge in [0.05, 0.1) is 44.0 Å². The number of piperazine rings is 5. The third-order valence-corrected chi connectivity index (χ3v) is 21.0. The zero-order valence-corrected chi connectivity index (χ0v) is 66.7. The molecule has 0 atom stereocenters. The van der Waals surface area contributed by atoms with Gasteiger partial charge in [-0.2, -0.15) is 0 Å². The Morgan fingerprint density at radius 1 is 0.382 bits per heavy atom. The van der Waals surface area contributed by atoms with Crippen LogP contribution in [-0.2, 0) is 13.1 Å². The number of anilines is 14. The molecule has 16 rings (SSSR count). The normalized spacial score (nSPS) is 16.6. The molecule has 0 amide bonds. The SMILES string of the molecule is CN1CCN(c2ccc(N)cc2)CC1.CN1CCN(c2ccc(N)cc2)CC1.CN1CCN(c2ccc(Nc3cc4c(cn3)CN(C)c3ccccc3N4C)cc2)CC1.CN1CCN(c2ccc([N+](=O)[O-])cc2)CC1.CN1CCNCC1.CN1Cc2cnc(Cl)cc2N(C)c2ccccc21.O=[N+]([O-])c1ccc(Cl)cc1. The molecule has 7 aromatic carbocycles. The van der Waals surface area contributed by atoms with E-state index in [1.54, 1.807) is 12.1 Å². The summed E-state index contributed by atoms with van der Waals surface area (Å²) in [4.78, 5) is 58.8. The predicted molar refractivity (Wildman–Crippen MR) is 459 cm³/mol. The molecule has 27 heteroatoms.